The minimum atomic E-state index is -0.934. The summed E-state index contributed by atoms with van der Waals surface area (Å²) in [6, 6.07) is 0. The van der Waals surface area contributed by atoms with Gasteiger partial charge >= 0.3 is 0 Å². The van der Waals surface area contributed by atoms with Gasteiger partial charge in [-0.05, 0) is 0 Å². The van der Waals surface area contributed by atoms with E-state index in [2.05, 4.69) is 0 Å². The predicted octanol–water partition coefficient (Wildman–Crippen LogP) is -1.26. The van der Waals surface area contributed by atoms with Gasteiger partial charge in [0, 0.05) is 21.3 Å². The smallest absolute Gasteiger partial charge is 0.186 e. The second kappa shape index (κ2) is 5.74. The molecule has 3 unspecified atom stereocenters. The molecule has 0 aliphatic carbocycles. The van der Waals surface area contributed by atoms with Crippen LogP contribution in [0.3, 0.4) is 0 Å². The highest BCUT2D eigenvalue weighted by Gasteiger charge is 2.45. The van der Waals surface area contributed by atoms with Gasteiger partial charge in [-0.3, -0.25) is 0 Å². The number of hydrogen-bond donors (Lipinski definition) is 2. The first-order chi connectivity index (χ1) is 7.19. The fourth-order valence-electron chi connectivity index (χ4n) is 1.75. The summed E-state index contributed by atoms with van der Waals surface area (Å²) in [6.45, 7) is -0.294. The first-order valence-electron chi connectivity index (χ1n) is 4.72. The molecule has 1 heterocycles. The van der Waals surface area contributed by atoms with Crippen molar-refractivity contribution in [1.82, 2.24) is 0 Å². The van der Waals surface area contributed by atoms with Crippen molar-refractivity contribution >= 4 is 0 Å². The van der Waals surface area contributed by atoms with Crippen LogP contribution >= 0.6 is 0 Å². The third-order valence-electron chi connectivity index (χ3n) is 2.58. The summed E-state index contributed by atoms with van der Waals surface area (Å²) >= 11 is 0. The lowest BCUT2D eigenvalue weighted by molar-refractivity contribution is -0.303. The van der Waals surface area contributed by atoms with Gasteiger partial charge in [0.05, 0.1) is 6.61 Å². The SMILES string of the molecule is COC1C(OC)[C@H](O)C(CO)O[C@@H]1OC. The van der Waals surface area contributed by atoms with Crippen LogP contribution in [0.5, 0.6) is 0 Å². The number of aliphatic hydroxyl groups excluding tert-OH is 2. The van der Waals surface area contributed by atoms with E-state index < -0.39 is 30.7 Å². The Kier molecular flexibility index (Phi) is 4.91. The summed E-state index contributed by atoms with van der Waals surface area (Å²) in [4.78, 5) is 0. The quantitative estimate of drug-likeness (QED) is 0.618. The molecule has 0 bridgehead atoms. The summed E-state index contributed by atoms with van der Waals surface area (Å²) in [5, 5.41) is 18.8. The van der Waals surface area contributed by atoms with Gasteiger partial charge in [-0.15, -0.1) is 0 Å². The van der Waals surface area contributed by atoms with Crippen LogP contribution < -0.4 is 0 Å². The molecule has 90 valence electrons. The highest BCUT2D eigenvalue weighted by atomic mass is 16.7. The monoisotopic (exact) mass is 222 g/mol. The summed E-state index contributed by atoms with van der Waals surface area (Å²) in [7, 11) is 4.42. The molecule has 1 aliphatic heterocycles. The third kappa shape index (κ3) is 2.47. The molecule has 1 fully saturated rings. The van der Waals surface area contributed by atoms with Crippen molar-refractivity contribution in [1.29, 1.82) is 0 Å². The van der Waals surface area contributed by atoms with Gasteiger partial charge in [-0.25, -0.2) is 0 Å². The molecule has 15 heavy (non-hydrogen) atoms. The van der Waals surface area contributed by atoms with Gasteiger partial charge < -0.3 is 29.2 Å². The van der Waals surface area contributed by atoms with E-state index in [0.717, 1.165) is 0 Å². The Morgan fingerprint density at radius 2 is 1.67 bits per heavy atom. The average Bonchev–Trinajstić information content (AvgIpc) is 2.28. The number of ether oxygens (including phenoxy) is 4. The van der Waals surface area contributed by atoms with Crippen molar-refractivity contribution in [2.45, 2.75) is 30.7 Å². The molecule has 5 atom stereocenters. The number of rotatable bonds is 4. The topological polar surface area (TPSA) is 77.4 Å². The summed E-state index contributed by atoms with van der Waals surface area (Å²) < 4.78 is 20.6. The second-order valence-corrected chi connectivity index (χ2v) is 3.35. The zero-order valence-corrected chi connectivity index (χ0v) is 9.12. The van der Waals surface area contributed by atoms with E-state index in [1.165, 1.54) is 21.3 Å². The van der Waals surface area contributed by atoms with Crippen LogP contribution in [0.15, 0.2) is 0 Å². The number of methoxy groups -OCH3 is 3. The standard InChI is InChI=1S/C9H18O6/c1-12-7-6(11)5(4-10)15-9(14-3)8(7)13-2/h5-11H,4H2,1-3H3/t5?,6-,7?,8?,9+/m1/s1. The van der Waals surface area contributed by atoms with Gasteiger partial charge in [0.15, 0.2) is 6.29 Å². The van der Waals surface area contributed by atoms with E-state index in [1.807, 2.05) is 0 Å². The molecule has 6 heteroatoms. The maximum Gasteiger partial charge on any atom is 0.186 e. The highest BCUT2D eigenvalue weighted by Crippen LogP contribution is 2.25. The fourth-order valence-corrected chi connectivity index (χ4v) is 1.75. The van der Waals surface area contributed by atoms with Crippen molar-refractivity contribution in [3.05, 3.63) is 0 Å². The van der Waals surface area contributed by atoms with Crippen LogP contribution in [0.25, 0.3) is 0 Å². The molecule has 0 saturated carbocycles. The van der Waals surface area contributed by atoms with Gasteiger partial charge in [0.25, 0.3) is 0 Å². The Balaban J connectivity index is 2.78. The number of hydrogen-bond acceptors (Lipinski definition) is 6. The molecule has 2 N–H and O–H groups in total. The zero-order valence-electron chi connectivity index (χ0n) is 9.12. The van der Waals surface area contributed by atoms with E-state index in [1.54, 1.807) is 0 Å². The van der Waals surface area contributed by atoms with Crippen LogP contribution in [-0.2, 0) is 18.9 Å². The van der Waals surface area contributed by atoms with E-state index in [9.17, 15) is 5.11 Å². The van der Waals surface area contributed by atoms with Gasteiger partial charge in [0.2, 0.25) is 0 Å². The molecular weight excluding hydrogens is 204 g/mol. The molecule has 0 radical (unpaired) electrons. The molecule has 1 rings (SSSR count). The van der Waals surface area contributed by atoms with Gasteiger partial charge in [-0.1, -0.05) is 0 Å². The van der Waals surface area contributed by atoms with Crippen molar-refractivity contribution in [3.8, 4) is 0 Å². The third-order valence-corrected chi connectivity index (χ3v) is 2.58. The second-order valence-electron chi connectivity index (χ2n) is 3.35. The molecule has 0 spiro atoms. The summed E-state index contributed by atoms with van der Waals surface area (Å²) in [6.07, 6.45) is -3.40. The fraction of sp³-hybridized carbons (Fsp3) is 1.00. The summed E-state index contributed by atoms with van der Waals surface area (Å²) in [5.74, 6) is 0. The van der Waals surface area contributed by atoms with E-state index in [4.69, 9.17) is 24.1 Å². The Bertz CT molecular complexity index is 187. The highest BCUT2D eigenvalue weighted by molar-refractivity contribution is 4.90. The molecule has 0 amide bonds. The lowest BCUT2D eigenvalue weighted by atomic mass is 9.99. The Labute approximate surface area is 88.7 Å². The molecule has 0 aromatic heterocycles. The van der Waals surface area contributed by atoms with Crippen molar-refractivity contribution < 1.29 is 29.2 Å². The van der Waals surface area contributed by atoms with Gasteiger partial charge in [0.1, 0.15) is 24.4 Å². The van der Waals surface area contributed by atoms with Crippen molar-refractivity contribution in [3.63, 3.8) is 0 Å². The van der Waals surface area contributed by atoms with Crippen LogP contribution in [0, 0.1) is 0 Å². The minimum Gasteiger partial charge on any atom is -0.394 e. The van der Waals surface area contributed by atoms with Gasteiger partial charge in [-0.2, -0.15) is 0 Å². The van der Waals surface area contributed by atoms with Crippen molar-refractivity contribution in [2.75, 3.05) is 27.9 Å². The maximum atomic E-state index is 9.80. The molecule has 0 aromatic carbocycles. The van der Waals surface area contributed by atoms with Crippen LogP contribution in [0.1, 0.15) is 0 Å². The lowest BCUT2D eigenvalue weighted by Gasteiger charge is -2.42. The Morgan fingerprint density at radius 3 is 2.07 bits per heavy atom. The zero-order chi connectivity index (χ0) is 11.4. The first-order valence-corrected chi connectivity index (χ1v) is 4.72. The molecule has 1 aliphatic rings. The first kappa shape index (κ1) is 12.8. The average molecular weight is 222 g/mol. The molecule has 6 nitrogen and oxygen atoms in total. The minimum absolute atomic E-state index is 0.294. The van der Waals surface area contributed by atoms with E-state index >= 15 is 0 Å². The van der Waals surface area contributed by atoms with Crippen molar-refractivity contribution in [2.24, 2.45) is 0 Å². The number of aliphatic hydroxyl groups is 2. The summed E-state index contributed by atoms with van der Waals surface area (Å²) in [5.41, 5.74) is 0. The van der Waals surface area contributed by atoms with E-state index in [0.29, 0.717) is 0 Å². The Morgan fingerprint density at radius 1 is 1.07 bits per heavy atom. The largest absolute Gasteiger partial charge is 0.394 e. The maximum absolute atomic E-state index is 9.80. The van der Waals surface area contributed by atoms with Crippen LogP contribution in [0.2, 0.25) is 0 Å². The normalized spacial score (nSPS) is 41.8. The van der Waals surface area contributed by atoms with E-state index in [-0.39, 0.29) is 6.61 Å². The lowest BCUT2D eigenvalue weighted by Crippen LogP contribution is -2.60. The molecule has 0 aromatic rings. The van der Waals surface area contributed by atoms with Crippen LogP contribution in [-0.4, -0.2) is 68.9 Å². The van der Waals surface area contributed by atoms with Crippen LogP contribution in [0.4, 0.5) is 0 Å². The predicted molar refractivity (Wildman–Crippen MR) is 50.4 cm³/mol. The molecular formula is C9H18O6. The Hall–Kier alpha value is -0.240. The molecule has 1 saturated heterocycles.